The highest BCUT2D eigenvalue weighted by molar-refractivity contribution is 5.98. The van der Waals surface area contributed by atoms with E-state index in [0.717, 1.165) is 5.56 Å². The van der Waals surface area contributed by atoms with Gasteiger partial charge in [-0.1, -0.05) is 0 Å². The van der Waals surface area contributed by atoms with Crippen LogP contribution < -0.4 is 10.2 Å². The molecule has 2 aliphatic rings. The monoisotopic (exact) mass is 321 g/mol. The van der Waals surface area contributed by atoms with Crippen LogP contribution in [0.3, 0.4) is 0 Å². The van der Waals surface area contributed by atoms with E-state index >= 15 is 0 Å². The van der Waals surface area contributed by atoms with Crippen molar-refractivity contribution >= 4 is 17.7 Å². The highest BCUT2D eigenvalue weighted by Crippen LogP contribution is 2.30. The first-order valence-electron chi connectivity index (χ1n) is 8.01. The molecule has 3 rings (SSSR count). The molecule has 0 bridgehead atoms. The lowest BCUT2D eigenvalue weighted by Gasteiger charge is -2.27. The number of aromatic nitrogens is 2. The second-order valence-corrected chi connectivity index (χ2v) is 5.98. The standard InChI is InChI=1S/C15H23N5O3/c1-10(2)20-9-11-12(14(20)22)17-15(18-13(11)16-3-6-21)19-4-7-23-8-5-19/h10,21H,3-9H2,1-2H3,(H,16,17,18). The highest BCUT2D eigenvalue weighted by atomic mass is 16.5. The molecule has 1 aromatic rings. The number of ether oxygens (including phenoxy) is 1. The van der Waals surface area contributed by atoms with Gasteiger partial charge in [-0.2, -0.15) is 4.98 Å². The Morgan fingerprint density at radius 1 is 1.30 bits per heavy atom. The van der Waals surface area contributed by atoms with E-state index in [4.69, 9.17) is 9.84 Å². The summed E-state index contributed by atoms with van der Waals surface area (Å²) in [5.74, 6) is 1.13. The number of hydrogen-bond acceptors (Lipinski definition) is 7. The van der Waals surface area contributed by atoms with Gasteiger partial charge in [-0.05, 0) is 13.8 Å². The van der Waals surface area contributed by atoms with Crippen molar-refractivity contribution < 1.29 is 14.6 Å². The molecule has 0 saturated carbocycles. The first-order valence-corrected chi connectivity index (χ1v) is 8.01. The van der Waals surface area contributed by atoms with Crippen molar-refractivity contribution in [1.29, 1.82) is 0 Å². The van der Waals surface area contributed by atoms with Crippen molar-refractivity contribution in [3.63, 3.8) is 0 Å². The number of amides is 1. The van der Waals surface area contributed by atoms with E-state index in [2.05, 4.69) is 15.3 Å². The number of fused-ring (bicyclic) bond motifs is 1. The van der Waals surface area contributed by atoms with Gasteiger partial charge in [0.25, 0.3) is 5.91 Å². The average Bonchev–Trinajstić information content (AvgIpc) is 2.91. The van der Waals surface area contributed by atoms with Gasteiger partial charge in [0.1, 0.15) is 11.5 Å². The summed E-state index contributed by atoms with van der Waals surface area (Å²) in [5, 5.41) is 12.2. The number of carbonyl (C=O) groups excluding carboxylic acids is 1. The molecule has 8 nitrogen and oxygen atoms in total. The van der Waals surface area contributed by atoms with Crippen molar-refractivity contribution in [2.75, 3.05) is 49.7 Å². The summed E-state index contributed by atoms with van der Waals surface area (Å²) in [6.45, 7) is 7.55. The zero-order valence-corrected chi connectivity index (χ0v) is 13.6. The van der Waals surface area contributed by atoms with Gasteiger partial charge in [0.2, 0.25) is 5.95 Å². The molecule has 1 aromatic heterocycles. The second kappa shape index (κ2) is 6.67. The van der Waals surface area contributed by atoms with Crippen molar-refractivity contribution in [3.8, 4) is 0 Å². The molecule has 3 heterocycles. The molecule has 0 unspecified atom stereocenters. The molecule has 2 aliphatic heterocycles. The zero-order valence-electron chi connectivity index (χ0n) is 13.6. The lowest BCUT2D eigenvalue weighted by atomic mass is 10.2. The SMILES string of the molecule is CC(C)N1Cc2c(NCCO)nc(N3CCOCC3)nc2C1=O. The minimum atomic E-state index is -0.0565. The molecular weight excluding hydrogens is 298 g/mol. The van der Waals surface area contributed by atoms with Crippen LogP contribution in [0.5, 0.6) is 0 Å². The van der Waals surface area contributed by atoms with E-state index in [9.17, 15) is 4.79 Å². The fourth-order valence-corrected chi connectivity index (χ4v) is 2.82. The third-order valence-corrected chi connectivity index (χ3v) is 4.11. The van der Waals surface area contributed by atoms with Crippen molar-refractivity contribution in [3.05, 3.63) is 11.3 Å². The number of anilines is 2. The van der Waals surface area contributed by atoms with E-state index < -0.39 is 0 Å². The molecule has 0 aromatic carbocycles. The Balaban J connectivity index is 1.97. The van der Waals surface area contributed by atoms with Crippen LogP contribution in [0.1, 0.15) is 29.9 Å². The molecule has 1 amide bonds. The third-order valence-electron chi connectivity index (χ3n) is 4.11. The molecule has 1 saturated heterocycles. The van der Waals surface area contributed by atoms with Crippen LogP contribution in [-0.2, 0) is 11.3 Å². The second-order valence-electron chi connectivity index (χ2n) is 5.98. The largest absolute Gasteiger partial charge is 0.395 e. The number of aliphatic hydroxyl groups is 1. The van der Waals surface area contributed by atoms with E-state index in [-0.39, 0.29) is 18.6 Å². The fraction of sp³-hybridized carbons (Fsp3) is 0.667. The van der Waals surface area contributed by atoms with Gasteiger partial charge in [0.15, 0.2) is 0 Å². The molecule has 0 aliphatic carbocycles. The molecule has 126 valence electrons. The average molecular weight is 321 g/mol. The Bertz CT molecular complexity index is 587. The highest BCUT2D eigenvalue weighted by Gasteiger charge is 2.34. The fourth-order valence-electron chi connectivity index (χ4n) is 2.82. The topological polar surface area (TPSA) is 90.8 Å². The number of morpholine rings is 1. The first-order chi connectivity index (χ1) is 11.1. The maximum atomic E-state index is 12.6. The van der Waals surface area contributed by atoms with Crippen LogP contribution >= 0.6 is 0 Å². The van der Waals surface area contributed by atoms with E-state index in [1.165, 1.54) is 0 Å². The van der Waals surface area contributed by atoms with Gasteiger partial charge < -0.3 is 25.0 Å². The van der Waals surface area contributed by atoms with Crippen LogP contribution in [0, 0.1) is 0 Å². The summed E-state index contributed by atoms with van der Waals surface area (Å²) in [6, 6.07) is 0.106. The number of rotatable bonds is 5. The Morgan fingerprint density at radius 3 is 2.70 bits per heavy atom. The van der Waals surface area contributed by atoms with Gasteiger partial charge >= 0.3 is 0 Å². The minimum absolute atomic E-state index is 0.00745. The van der Waals surface area contributed by atoms with Crippen LogP contribution in [0.4, 0.5) is 11.8 Å². The number of nitrogens with zero attached hydrogens (tertiary/aromatic N) is 4. The molecule has 23 heavy (non-hydrogen) atoms. The molecule has 0 spiro atoms. The predicted molar refractivity (Wildman–Crippen MR) is 85.6 cm³/mol. The lowest BCUT2D eigenvalue weighted by Crippen LogP contribution is -2.37. The van der Waals surface area contributed by atoms with Crippen molar-refractivity contribution in [2.24, 2.45) is 0 Å². The number of aliphatic hydroxyl groups excluding tert-OH is 1. The Hall–Kier alpha value is -1.93. The van der Waals surface area contributed by atoms with Gasteiger partial charge in [-0.15, -0.1) is 0 Å². The maximum Gasteiger partial charge on any atom is 0.273 e. The molecule has 1 fully saturated rings. The Kier molecular flexibility index (Phi) is 4.63. The summed E-state index contributed by atoms with van der Waals surface area (Å²) < 4.78 is 5.36. The molecular formula is C15H23N5O3. The van der Waals surface area contributed by atoms with Gasteiger partial charge in [0, 0.05) is 31.2 Å². The number of nitrogens with one attached hydrogen (secondary N) is 1. The number of hydrogen-bond donors (Lipinski definition) is 2. The predicted octanol–water partition coefficient (Wildman–Crippen LogP) is 0.0816. The smallest absolute Gasteiger partial charge is 0.273 e. The maximum absolute atomic E-state index is 12.6. The summed E-state index contributed by atoms with van der Waals surface area (Å²) in [7, 11) is 0. The van der Waals surface area contributed by atoms with Crippen LogP contribution in [0.2, 0.25) is 0 Å². The van der Waals surface area contributed by atoms with Gasteiger partial charge in [-0.25, -0.2) is 4.98 Å². The van der Waals surface area contributed by atoms with E-state index in [1.54, 1.807) is 4.90 Å². The van der Waals surface area contributed by atoms with Gasteiger partial charge in [-0.3, -0.25) is 4.79 Å². The lowest BCUT2D eigenvalue weighted by molar-refractivity contribution is 0.0726. The molecule has 2 N–H and O–H groups in total. The summed E-state index contributed by atoms with van der Waals surface area (Å²) in [6.07, 6.45) is 0. The Labute approximate surface area is 135 Å². The van der Waals surface area contributed by atoms with E-state index in [0.29, 0.717) is 56.9 Å². The summed E-state index contributed by atoms with van der Waals surface area (Å²) in [5.41, 5.74) is 1.28. The quantitative estimate of drug-likeness (QED) is 0.794. The zero-order chi connectivity index (χ0) is 16.4. The Morgan fingerprint density at radius 2 is 2.04 bits per heavy atom. The minimum Gasteiger partial charge on any atom is -0.395 e. The van der Waals surface area contributed by atoms with Crippen LogP contribution in [-0.4, -0.2) is 71.4 Å². The van der Waals surface area contributed by atoms with Crippen molar-refractivity contribution in [1.82, 2.24) is 14.9 Å². The normalized spacial score (nSPS) is 17.8. The number of carbonyl (C=O) groups is 1. The summed E-state index contributed by atoms with van der Waals surface area (Å²) >= 11 is 0. The van der Waals surface area contributed by atoms with Crippen LogP contribution in [0.15, 0.2) is 0 Å². The van der Waals surface area contributed by atoms with E-state index in [1.807, 2.05) is 18.7 Å². The summed E-state index contributed by atoms with van der Waals surface area (Å²) in [4.78, 5) is 25.5. The van der Waals surface area contributed by atoms with Crippen LogP contribution in [0.25, 0.3) is 0 Å². The third kappa shape index (κ3) is 3.09. The molecule has 0 atom stereocenters. The van der Waals surface area contributed by atoms with Crippen molar-refractivity contribution in [2.45, 2.75) is 26.4 Å². The molecule has 8 heteroatoms. The molecule has 0 radical (unpaired) electrons. The van der Waals surface area contributed by atoms with Gasteiger partial charge in [0.05, 0.1) is 26.4 Å². The first kappa shape index (κ1) is 15.9.